The molecule has 34 heavy (non-hydrogen) atoms. The van der Waals surface area contributed by atoms with Crippen LogP contribution in [0.3, 0.4) is 0 Å². The monoisotopic (exact) mass is 495 g/mol. The molecular weight excluding hydrogens is 470 g/mol. The molecule has 0 atom stereocenters. The fourth-order valence-corrected chi connectivity index (χ4v) is 5.71. The number of anilines is 1. The Morgan fingerprint density at radius 2 is 2.03 bits per heavy atom. The summed E-state index contributed by atoms with van der Waals surface area (Å²) in [6, 6.07) is 13.2. The van der Waals surface area contributed by atoms with E-state index in [1.54, 1.807) is 18.2 Å². The summed E-state index contributed by atoms with van der Waals surface area (Å²) in [5, 5.41) is 0. The number of allylic oxidation sites excluding steroid dienone is 1. The summed E-state index contributed by atoms with van der Waals surface area (Å²) in [5.74, 6) is -0.399. The zero-order valence-corrected chi connectivity index (χ0v) is 20.5. The van der Waals surface area contributed by atoms with Crippen LogP contribution in [0.2, 0.25) is 0 Å². The van der Waals surface area contributed by atoms with Crippen LogP contribution in [0.25, 0.3) is 10.2 Å². The lowest BCUT2D eigenvalue weighted by molar-refractivity contribution is -0.116. The first-order valence-electron chi connectivity index (χ1n) is 10.9. The minimum Gasteiger partial charge on any atom is -0.465 e. The average molecular weight is 496 g/mol. The highest BCUT2D eigenvalue weighted by Gasteiger charge is 2.22. The van der Waals surface area contributed by atoms with Crippen LogP contribution in [0.1, 0.15) is 22.3 Å². The molecule has 4 rings (SSSR count). The van der Waals surface area contributed by atoms with Crippen LogP contribution in [0.15, 0.2) is 60.1 Å². The summed E-state index contributed by atoms with van der Waals surface area (Å²) < 4.78 is 7.50. The molecule has 2 aromatic carbocycles. The van der Waals surface area contributed by atoms with Crippen molar-refractivity contribution in [3.8, 4) is 0 Å². The van der Waals surface area contributed by atoms with Crippen LogP contribution in [-0.2, 0) is 27.3 Å². The van der Waals surface area contributed by atoms with Gasteiger partial charge in [-0.3, -0.25) is 9.59 Å². The van der Waals surface area contributed by atoms with Gasteiger partial charge in [0.05, 0.1) is 34.4 Å². The largest absolute Gasteiger partial charge is 0.465 e. The first-order chi connectivity index (χ1) is 16.5. The van der Waals surface area contributed by atoms with E-state index in [0.717, 1.165) is 28.7 Å². The number of ether oxygens (including phenoxy) is 1. The van der Waals surface area contributed by atoms with Crippen molar-refractivity contribution in [3.63, 3.8) is 0 Å². The van der Waals surface area contributed by atoms with Gasteiger partial charge in [0.15, 0.2) is 4.80 Å². The molecule has 2 amide bonds. The van der Waals surface area contributed by atoms with Crippen molar-refractivity contribution in [2.75, 3.05) is 30.1 Å². The number of aryl methyl sites for hydroxylation is 1. The van der Waals surface area contributed by atoms with Gasteiger partial charge in [-0.2, -0.15) is 4.99 Å². The summed E-state index contributed by atoms with van der Waals surface area (Å²) in [6.45, 7) is 4.96. The number of carbonyl (C=O) groups is 3. The second kappa shape index (κ2) is 10.8. The number of hydrogen-bond acceptors (Lipinski definition) is 6. The number of hydrogen-bond donors (Lipinski definition) is 0. The molecule has 176 valence electrons. The molecule has 7 nitrogen and oxygen atoms in total. The van der Waals surface area contributed by atoms with Gasteiger partial charge >= 0.3 is 5.97 Å². The van der Waals surface area contributed by atoms with Crippen LogP contribution < -0.4 is 9.70 Å². The molecule has 3 aromatic rings. The highest BCUT2D eigenvalue weighted by atomic mass is 32.2. The van der Waals surface area contributed by atoms with E-state index < -0.39 is 5.97 Å². The van der Waals surface area contributed by atoms with E-state index in [4.69, 9.17) is 4.74 Å². The van der Waals surface area contributed by atoms with Gasteiger partial charge in [0.1, 0.15) is 0 Å². The molecule has 0 unspecified atom stereocenters. The molecule has 0 spiro atoms. The van der Waals surface area contributed by atoms with Crippen molar-refractivity contribution in [2.45, 2.75) is 19.4 Å². The van der Waals surface area contributed by atoms with Gasteiger partial charge in [-0.1, -0.05) is 35.6 Å². The molecule has 1 aromatic heterocycles. The second-order valence-electron chi connectivity index (χ2n) is 7.73. The number of rotatable bonds is 7. The Labute approximate surface area is 205 Å². The Morgan fingerprint density at radius 3 is 2.82 bits per heavy atom. The van der Waals surface area contributed by atoms with Crippen molar-refractivity contribution in [1.29, 1.82) is 0 Å². The fourth-order valence-electron chi connectivity index (χ4n) is 3.94. The zero-order chi connectivity index (χ0) is 24.1. The van der Waals surface area contributed by atoms with E-state index in [0.29, 0.717) is 23.5 Å². The van der Waals surface area contributed by atoms with Gasteiger partial charge in [-0.05, 0) is 42.7 Å². The average Bonchev–Trinajstić information content (AvgIpc) is 3.19. The Morgan fingerprint density at radius 1 is 1.21 bits per heavy atom. The van der Waals surface area contributed by atoms with Crippen LogP contribution >= 0.6 is 23.1 Å². The summed E-state index contributed by atoms with van der Waals surface area (Å²) in [7, 11) is 1.34. The van der Waals surface area contributed by atoms with Gasteiger partial charge in [0.25, 0.3) is 5.91 Å². The summed E-state index contributed by atoms with van der Waals surface area (Å²) in [5.41, 5.74) is 3.45. The van der Waals surface area contributed by atoms with Crippen molar-refractivity contribution < 1.29 is 19.1 Å². The number of thioether (sulfide) groups is 1. The predicted molar refractivity (Wildman–Crippen MR) is 136 cm³/mol. The third-order valence-electron chi connectivity index (χ3n) is 5.50. The summed E-state index contributed by atoms with van der Waals surface area (Å²) >= 11 is 2.60. The lowest BCUT2D eigenvalue weighted by Gasteiger charge is -2.29. The Balaban J connectivity index is 1.46. The number of thiazole rings is 1. The molecule has 0 saturated heterocycles. The first-order valence-corrected chi connectivity index (χ1v) is 12.8. The van der Waals surface area contributed by atoms with Crippen molar-refractivity contribution in [3.05, 3.63) is 71.0 Å². The Bertz CT molecular complexity index is 1330. The number of methoxy groups -OCH3 is 1. The predicted octanol–water partition coefficient (Wildman–Crippen LogP) is 3.82. The Kier molecular flexibility index (Phi) is 7.64. The highest BCUT2D eigenvalue weighted by molar-refractivity contribution is 8.00. The van der Waals surface area contributed by atoms with Crippen molar-refractivity contribution >= 4 is 56.8 Å². The van der Waals surface area contributed by atoms with Gasteiger partial charge in [0, 0.05) is 18.8 Å². The maximum Gasteiger partial charge on any atom is 0.337 e. The van der Waals surface area contributed by atoms with E-state index >= 15 is 0 Å². The third kappa shape index (κ3) is 5.15. The summed E-state index contributed by atoms with van der Waals surface area (Å²) in [4.78, 5) is 43.9. The lowest BCUT2D eigenvalue weighted by atomic mass is 10.0. The molecule has 2 heterocycles. The molecule has 0 radical (unpaired) electrons. The molecule has 0 aliphatic carbocycles. The number of esters is 1. The van der Waals surface area contributed by atoms with E-state index in [1.165, 1.54) is 35.8 Å². The molecule has 0 N–H and O–H groups in total. The van der Waals surface area contributed by atoms with Crippen LogP contribution in [0.5, 0.6) is 0 Å². The van der Waals surface area contributed by atoms with Gasteiger partial charge in [-0.15, -0.1) is 18.3 Å². The van der Waals surface area contributed by atoms with Gasteiger partial charge < -0.3 is 14.2 Å². The van der Waals surface area contributed by atoms with Crippen LogP contribution in [0, 0.1) is 0 Å². The van der Waals surface area contributed by atoms with Crippen LogP contribution in [0.4, 0.5) is 5.69 Å². The number of nitrogens with zero attached hydrogens (tertiary/aromatic N) is 3. The first kappa shape index (κ1) is 24.0. The van der Waals surface area contributed by atoms with E-state index in [1.807, 2.05) is 33.7 Å². The second-order valence-corrected chi connectivity index (χ2v) is 9.73. The fraction of sp³-hybridized carbons (Fsp3) is 0.280. The van der Waals surface area contributed by atoms with E-state index in [9.17, 15) is 14.4 Å². The molecule has 9 heteroatoms. The maximum atomic E-state index is 12.8. The number of amides is 2. The number of para-hydroxylation sites is 1. The molecule has 1 aliphatic heterocycles. The van der Waals surface area contributed by atoms with Crippen molar-refractivity contribution in [2.24, 2.45) is 4.99 Å². The number of aromatic nitrogens is 1. The lowest BCUT2D eigenvalue weighted by Crippen LogP contribution is -2.36. The smallest absolute Gasteiger partial charge is 0.337 e. The third-order valence-corrected chi connectivity index (χ3v) is 7.44. The molecule has 1 aliphatic rings. The number of carbonyl (C=O) groups excluding carboxylic acids is 3. The summed E-state index contributed by atoms with van der Waals surface area (Å²) in [6.07, 6.45) is 3.65. The van der Waals surface area contributed by atoms with Gasteiger partial charge in [-0.25, -0.2) is 4.79 Å². The van der Waals surface area contributed by atoms with Gasteiger partial charge in [0.2, 0.25) is 5.91 Å². The molecule has 0 saturated carbocycles. The number of fused-ring (bicyclic) bond motifs is 2. The normalized spacial score (nSPS) is 13.6. The van der Waals surface area contributed by atoms with E-state index in [-0.39, 0.29) is 23.3 Å². The number of benzene rings is 2. The SMILES string of the molecule is C=CCn1c(=NC(=O)CSCC(=O)N2CCCc3ccccc32)sc2cc(C(=O)OC)ccc21. The Hall–Kier alpha value is -3.17. The van der Waals surface area contributed by atoms with Crippen molar-refractivity contribution in [1.82, 2.24) is 4.57 Å². The molecule has 0 bridgehead atoms. The minimum absolute atomic E-state index is 0.00359. The topological polar surface area (TPSA) is 81.0 Å². The molecular formula is C25H25N3O4S2. The zero-order valence-electron chi connectivity index (χ0n) is 18.9. The molecule has 0 fully saturated rings. The quantitative estimate of drug-likeness (QED) is 0.368. The maximum absolute atomic E-state index is 12.8. The standard InChI is InChI=1S/C25H25N3O4S2/c1-3-12-28-20-11-10-18(24(31)32-2)14-21(20)34-25(28)26-22(29)15-33-16-23(30)27-13-6-8-17-7-4-5-9-19(17)27/h3-5,7,9-11,14H,1,6,8,12-13,15-16H2,2H3. The minimum atomic E-state index is -0.419. The van der Waals surface area contributed by atoms with E-state index in [2.05, 4.69) is 17.6 Å². The van der Waals surface area contributed by atoms with Crippen LogP contribution in [-0.4, -0.2) is 47.5 Å². The highest BCUT2D eigenvalue weighted by Crippen LogP contribution is 2.27.